The SMILES string of the molecule is CC1(C)C(=O)Nc2ccc(C3(CN)COC3)cc21. The summed E-state index contributed by atoms with van der Waals surface area (Å²) in [5.41, 5.74) is 8.51. The lowest BCUT2D eigenvalue weighted by Gasteiger charge is -2.41. The molecule has 3 N–H and O–H groups in total. The van der Waals surface area contributed by atoms with Crippen molar-refractivity contribution in [1.29, 1.82) is 0 Å². The first-order valence-electron chi connectivity index (χ1n) is 6.24. The summed E-state index contributed by atoms with van der Waals surface area (Å²) in [5, 5.41) is 2.92. The number of benzene rings is 1. The van der Waals surface area contributed by atoms with Crippen molar-refractivity contribution in [3.63, 3.8) is 0 Å². The Kier molecular flexibility index (Phi) is 2.31. The molecule has 0 spiro atoms. The van der Waals surface area contributed by atoms with Crippen LogP contribution >= 0.6 is 0 Å². The van der Waals surface area contributed by atoms with Gasteiger partial charge in [0.05, 0.1) is 24.0 Å². The molecule has 0 aliphatic carbocycles. The second-order valence-electron chi connectivity index (χ2n) is 5.82. The Morgan fingerprint density at radius 1 is 1.39 bits per heavy atom. The largest absolute Gasteiger partial charge is 0.379 e. The molecule has 2 heterocycles. The molecule has 1 aromatic rings. The summed E-state index contributed by atoms with van der Waals surface area (Å²) in [5.74, 6) is 0.0568. The number of fused-ring (bicyclic) bond motifs is 1. The van der Waals surface area contributed by atoms with E-state index in [9.17, 15) is 4.79 Å². The van der Waals surface area contributed by atoms with Crippen LogP contribution in [0.4, 0.5) is 5.69 Å². The smallest absolute Gasteiger partial charge is 0.234 e. The van der Waals surface area contributed by atoms with Crippen LogP contribution in [0, 0.1) is 0 Å². The van der Waals surface area contributed by atoms with Crippen molar-refractivity contribution in [3.8, 4) is 0 Å². The lowest BCUT2D eigenvalue weighted by Crippen LogP contribution is -2.52. The van der Waals surface area contributed by atoms with Crippen LogP contribution in [0.5, 0.6) is 0 Å². The van der Waals surface area contributed by atoms with Gasteiger partial charge < -0.3 is 15.8 Å². The molecule has 0 aromatic heterocycles. The van der Waals surface area contributed by atoms with Crippen molar-refractivity contribution < 1.29 is 9.53 Å². The van der Waals surface area contributed by atoms with Gasteiger partial charge in [0, 0.05) is 12.2 Å². The molecule has 0 saturated carbocycles. The molecule has 1 amide bonds. The summed E-state index contributed by atoms with van der Waals surface area (Å²) in [6.45, 7) is 5.82. The van der Waals surface area contributed by atoms with Gasteiger partial charge in [-0.1, -0.05) is 12.1 Å². The maximum absolute atomic E-state index is 11.9. The molecule has 4 heteroatoms. The number of anilines is 1. The van der Waals surface area contributed by atoms with E-state index in [1.54, 1.807) is 0 Å². The van der Waals surface area contributed by atoms with Gasteiger partial charge in [-0.25, -0.2) is 0 Å². The van der Waals surface area contributed by atoms with Gasteiger partial charge in [-0.3, -0.25) is 4.79 Å². The third kappa shape index (κ3) is 1.36. The van der Waals surface area contributed by atoms with Gasteiger partial charge in [-0.2, -0.15) is 0 Å². The number of nitrogens with one attached hydrogen (secondary N) is 1. The molecule has 1 aromatic carbocycles. The van der Waals surface area contributed by atoms with Crippen molar-refractivity contribution in [2.24, 2.45) is 5.73 Å². The maximum atomic E-state index is 11.9. The molecule has 2 aliphatic rings. The Bertz CT molecular complexity index is 513. The fourth-order valence-corrected chi connectivity index (χ4v) is 2.65. The number of nitrogens with two attached hydrogens (primary N) is 1. The highest BCUT2D eigenvalue weighted by molar-refractivity contribution is 6.05. The predicted molar refractivity (Wildman–Crippen MR) is 69.6 cm³/mol. The van der Waals surface area contributed by atoms with Crippen LogP contribution in [0.3, 0.4) is 0 Å². The van der Waals surface area contributed by atoms with Crippen molar-refractivity contribution in [2.45, 2.75) is 24.7 Å². The van der Waals surface area contributed by atoms with Crippen LogP contribution in [0.1, 0.15) is 25.0 Å². The molecule has 0 bridgehead atoms. The Balaban J connectivity index is 2.07. The monoisotopic (exact) mass is 246 g/mol. The Morgan fingerprint density at radius 3 is 2.67 bits per heavy atom. The number of ether oxygens (including phenoxy) is 1. The first kappa shape index (κ1) is 11.7. The fourth-order valence-electron chi connectivity index (χ4n) is 2.65. The van der Waals surface area contributed by atoms with Gasteiger partial charge in [0.15, 0.2) is 0 Å². The van der Waals surface area contributed by atoms with E-state index in [-0.39, 0.29) is 11.3 Å². The first-order valence-corrected chi connectivity index (χ1v) is 6.24. The van der Waals surface area contributed by atoms with E-state index in [0.29, 0.717) is 19.8 Å². The number of hydrogen-bond acceptors (Lipinski definition) is 3. The maximum Gasteiger partial charge on any atom is 0.234 e. The van der Waals surface area contributed by atoms with Gasteiger partial charge in [-0.05, 0) is 31.0 Å². The minimum absolute atomic E-state index is 0.0568. The van der Waals surface area contributed by atoms with E-state index in [1.807, 2.05) is 19.9 Å². The summed E-state index contributed by atoms with van der Waals surface area (Å²) in [7, 11) is 0. The molecule has 3 rings (SSSR count). The Hall–Kier alpha value is -1.39. The Morgan fingerprint density at radius 2 is 2.11 bits per heavy atom. The van der Waals surface area contributed by atoms with E-state index in [4.69, 9.17) is 10.5 Å². The van der Waals surface area contributed by atoms with E-state index >= 15 is 0 Å². The standard InChI is InChI=1S/C14H18N2O2/c1-13(2)10-5-9(14(6-15)7-18-8-14)3-4-11(10)16-12(13)17/h3-5H,6-8,15H2,1-2H3,(H,16,17). The summed E-state index contributed by atoms with van der Waals surface area (Å²) in [6.07, 6.45) is 0. The first-order chi connectivity index (χ1) is 8.49. The van der Waals surface area contributed by atoms with E-state index < -0.39 is 5.41 Å². The van der Waals surface area contributed by atoms with Crippen molar-refractivity contribution in [2.75, 3.05) is 25.1 Å². The van der Waals surface area contributed by atoms with E-state index in [2.05, 4.69) is 17.4 Å². The average molecular weight is 246 g/mol. The minimum Gasteiger partial charge on any atom is -0.379 e. The second kappa shape index (κ2) is 3.56. The van der Waals surface area contributed by atoms with Crippen LogP contribution in [0.2, 0.25) is 0 Å². The molecule has 0 radical (unpaired) electrons. The summed E-state index contributed by atoms with van der Waals surface area (Å²) >= 11 is 0. The van der Waals surface area contributed by atoms with Gasteiger partial charge in [0.1, 0.15) is 0 Å². The molecule has 1 fully saturated rings. The number of amides is 1. The highest BCUT2D eigenvalue weighted by Gasteiger charge is 2.43. The molecule has 2 aliphatic heterocycles. The normalized spacial score (nSPS) is 23.2. The minimum atomic E-state index is -0.467. The van der Waals surface area contributed by atoms with Crippen LogP contribution in [0.15, 0.2) is 18.2 Å². The summed E-state index contributed by atoms with van der Waals surface area (Å²) < 4.78 is 5.31. The van der Waals surface area contributed by atoms with E-state index in [0.717, 1.165) is 11.3 Å². The van der Waals surface area contributed by atoms with Crippen molar-refractivity contribution in [1.82, 2.24) is 0 Å². The molecular formula is C14H18N2O2. The molecule has 0 unspecified atom stereocenters. The molecule has 96 valence electrons. The number of rotatable bonds is 2. The van der Waals surface area contributed by atoms with E-state index in [1.165, 1.54) is 5.56 Å². The number of hydrogen-bond donors (Lipinski definition) is 2. The second-order valence-corrected chi connectivity index (χ2v) is 5.82. The average Bonchev–Trinajstić information content (AvgIpc) is 2.50. The number of carbonyl (C=O) groups is 1. The van der Waals surface area contributed by atoms with Crippen LogP contribution in [-0.2, 0) is 20.4 Å². The third-order valence-electron chi connectivity index (χ3n) is 4.27. The highest BCUT2D eigenvalue weighted by atomic mass is 16.5. The van der Waals surface area contributed by atoms with Crippen LogP contribution in [-0.4, -0.2) is 25.7 Å². The van der Waals surface area contributed by atoms with Crippen molar-refractivity contribution in [3.05, 3.63) is 29.3 Å². The van der Waals surface area contributed by atoms with Gasteiger partial charge >= 0.3 is 0 Å². The topological polar surface area (TPSA) is 64.4 Å². The molecule has 18 heavy (non-hydrogen) atoms. The zero-order valence-electron chi connectivity index (χ0n) is 10.7. The van der Waals surface area contributed by atoms with Crippen molar-refractivity contribution >= 4 is 11.6 Å². The molecule has 4 nitrogen and oxygen atoms in total. The third-order valence-corrected chi connectivity index (χ3v) is 4.27. The molecular weight excluding hydrogens is 228 g/mol. The number of carbonyl (C=O) groups excluding carboxylic acids is 1. The van der Waals surface area contributed by atoms with Crippen LogP contribution < -0.4 is 11.1 Å². The van der Waals surface area contributed by atoms with Gasteiger partial charge in [-0.15, -0.1) is 0 Å². The fraction of sp³-hybridized carbons (Fsp3) is 0.500. The highest BCUT2D eigenvalue weighted by Crippen LogP contribution is 2.41. The van der Waals surface area contributed by atoms with Crippen LogP contribution in [0.25, 0.3) is 0 Å². The zero-order valence-corrected chi connectivity index (χ0v) is 10.7. The Labute approximate surface area is 107 Å². The molecule has 1 saturated heterocycles. The lowest BCUT2D eigenvalue weighted by atomic mass is 9.76. The predicted octanol–water partition coefficient (Wildman–Crippen LogP) is 1.14. The van der Waals surface area contributed by atoms with Gasteiger partial charge in [0.25, 0.3) is 0 Å². The zero-order chi connectivity index (χ0) is 13.0. The summed E-state index contributed by atoms with van der Waals surface area (Å²) in [6, 6.07) is 6.14. The molecule has 0 atom stereocenters. The summed E-state index contributed by atoms with van der Waals surface area (Å²) in [4.78, 5) is 11.9. The lowest BCUT2D eigenvalue weighted by molar-refractivity contribution is -0.119. The van der Waals surface area contributed by atoms with Gasteiger partial charge in [0.2, 0.25) is 5.91 Å². The quantitative estimate of drug-likeness (QED) is 0.822.